The topological polar surface area (TPSA) is 104 Å². The first-order valence-corrected chi connectivity index (χ1v) is 8.32. The molecule has 1 fully saturated rings. The maximum absolute atomic E-state index is 12.4. The largest absolute Gasteiger partial charge is 0.354 e. The highest BCUT2D eigenvalue weighted by Gasteiger charge is 2.26. The zero-order valence-electron chi connectivity index (χ0n) is 11.9. The van der Waals surface area contributed by atoms with E-state index in [1.807, 2.05) is 0 Å². The van der Waals surface area contributed by atoms with Crippen molar-refractivity contribution in [3.05, 3.63) is 24.3 Å². The third-order valence-corrected chi connectivity index (χ3v) is 4.66. The molecule has 3 N–H and O–H groups in total. The predicted octanol–water partition coefficient (Wildman–Crippen LogP) is 1.08. The van der Waals surface area contributed by atoms with Crippen LogP contribution in [0.25, 0.3) is 0 Å². The monoisotopic (exact) mass is 347 g/mol. The molecule has 0 aromatic heterocycles. The number of amides is 3. The van der Waals surface area contributed by atoms with E-state index in [1.54, 1.807) is 0 Å². The molecule has 7 nitrogen and oxygen atoms in total. The van der Waals surface area contributed by atoms with Gasteiger partial charge in [0.2, 0.25) is 15.7 Å². The van der Waals surface area contributed by atoms with Crippen molar-refractivity contribution < 1.29 is 26.8 Å². The molecule has 0 radical (unpaired) electrons. The van der Waals surface area contributed by atoms with Gasteiger partial charge in [-0.05, 0) is 37.1 Å². The molecule has 0 spiro atoms. The summed E-state index contributed by atoms with van der Waals surface area (Å²) in [7, 11) is -4.67. The second-order valence-electron chi connectivity index (χ2n) is 4.91. The summed E-state index contributed by atoms with van der Waals surface area (Å²) in [6.07, 6.45) is 1.27. The summed E-state index contributed by atoms with van der Waals surface area (Å²) in [4.78, 5) is 22.7. The average Bonchev–Trinajstić information content (AvgIpc) is 2.50. The molecule has 0 bridgehead atoms. The van der Waals surface area contributed by atoms with Crippen LogP contribution in [0.3, 0.4) is 0 Å². The van der Waals surface area contributed by atoms with E-state index in [-0.39, 0.29) is 11.6 Å². The molecule has 10 heteroatoms. The van der Waals surface area contributed by atoms with Crippen molar-refractivity contribution in [3.63, 3.8) is 0 Å². The first-order chi connectivity index (χ1) is 10.8. The lowest BCUT2D eigenvalue weighted by Gasteiger charge is -2.22. The first kappa shape index (κ1) is 17.1. The Hall–Kier alpha value is -2.23. The average molecular weight is 347 g/mol. The van der Waals surface area contributed by atoms with Crippen LogP contribution in [0.1, 0.15) is 12.8 Å². The van der Waals surface area contributed by atoms with Gasteiger partial charge < -0.3 is 16.0 Å². The van der Waals surface area contributed by atoms with Gasteiger partial charge in [-0.2, -0.15) is 8.78 Å². The molecule has 2 rings (SSSR count). The van der Waals surface area contributed by atoms with Crippen molar-refractivity contribution in [2.45, 2.75) is 29.5 Å². The van der Waals surface area contributed by atoms with E-state index in [9.17, 15) is 26.8 Å². The van der Waals surface area contributed by atoms with Gasteiger partial charge in [0, 0.05) is 12.2 Å². The minimum Gasteiger partial charge on any atom is -0.354 e. The number of carbonyl (C=O) groups is 2. The normalized spacial score (nSPS) is 18.4. The number of carbonyl (C=O) groups excluding carboxylic acids is 2. The highest BCUT2D eigenvalue weighted by molar-refractivity contribution is 7.91. The second kappa shape index (κ2) is 6.90. The van der Waals surface area contributed by atoms with Gasteiger partial charge >= 0.3 is 11.8 Å². The predicted molar refractivity (Wildman–Crippen MR) is 77.8 cm³/mol. The lowest BCUT2D eigenvalue weighted by atomic mass is 10.1. The maximum Gasteiger partial charge on any atom is 0.341 e. The van der Waals surface area contributed by atoms with E-state index in [4.69, 9.17) is 0 Å². The fourth-order valence-electron chi connectivity index (χ4n) is 2.07. The van der Waals surface area contributed by atoms with Crippen molar-refractivity contribution in [1.29, 1.82) is 0 Å². The minimum atomic E-state index is -4.67. The number of anilines is 1. The Balaban J connectivity index is 1.98. The highest BCUT2D eigenvalue weighted by Crippen LogP contribution is 2.20. The number of benzene rings is 1. The van der Waals surface area contributed by atoms with Crippen LogP contribution < -0.4 is 16.0 Å². The lowest BCUT2D eigenvalue weighted by Crippen LogP contribution is -2.51. The van der Waals surface area contributed by atoms with Gasteiger partial charge in [0.25, 0.3) is 0 Å². The van der Waals surface area contributed by atoms with Gasteiger partial charge in [0.05, 0.1) is 4.90 Å². The van der Waals surface area contributed by atoms with Crippen LogP contribution in [0.15, 0.2) is 29.2 Å². The van der Waals surface area contributed by atoms with E-state index in [0.29, 0.717) is 13.0 Å². The van der Waals surface area contributed by atoms with Gasteiger partial charge in [-0.15, -0.1) is 0 Å². The first-order valence-electron chi connectivity index (χ1n) is 6.78. The van der Waals surface area contributed by atoms with Gasteiger partial charge in [0.15, 0.2) is 0 Å². The molecule has 1 unspecified atom stereocenters. The molecule has 0 saturated carbocycles. The summed E-state index contributed by atoms with van der Waals surface area (Å²) in [6, 6.07) is 3.05. The van der Waals surface area contributed by atoms with Crippen LogP contribution in [0.2, 0.25) is 0 Å². The Labute approximate surface area is 131 Å². The Bertz CT molecular complexity index is 692. The molecular formula is C13H15F2N3O4S. The molecule has 1 aromatic carbocycles. The molecular weight excluding hydrogens is 332 g/mol. The smallest absolute Gasteiger partial charge is 0.341 e. The van der Waals surface area contributed by atoms with E-state index in [1.165, 1.54) is 12.1 Å². The molecule has 0 aliphatic carbocycles. The zero-order chi connectivity index (χ0) is 17.0. The molecule has 1 atom stereocenters. The van der Waals surface area contributed by atoms with E-state index >= 15 is 0 Å². The standard InChI is InChI=1S/C13H15F2N3O4S/c14-12(15)23(21,22)9-5-3-8(4-6-9)17-13(20)18-10-2-1-7-16-11(10)19/h3-6,10,12H,1-2,7H2,(H,16,19)(H2,17,18,20). The van der Waals surface area contributed by atoms with Gasteiger partial charge in [-0.25, -0.2) is 13.2 Å². The molecule has 1 aromatic rings. The van der Waals surface area contributed by atoms with Crippen molar-refractivity contribution in [2.24, 2.45) is 0 Å². The van der Waals surface area contributed by atoms with Crippen molar-refractivity contribution in [3.8, 4) is 0 Å². The van der Waals surface area contributed by atoms with Crippen LogP contribution in [0.5, 0.6) is 0 Å². The Morgan fingerprint density at radius 2 is 1.91 bits per heavy atom. The number of halogens is 2. The fraction of sp³-hybridized carbons (Fsp3) is 0.385. The number of alkyl halides is 2. The van der Waals surface area contributed by atoms with E-state index in [0.717, 1.165) is 18.6 Å². The van der Waals surface area contributed by atoms with Crippen LogP contribution >= 0.6 is 0 Å². The summed E-state index contributed by atoms with van der Waals surface area (Å²) in [5.41, 5.74) is 0.215. The Kier molecular flexibility index (Phi) is 5.14. The van der Waals surface area contributed by atoms with Crippen molar-refractivity contribution in [2.75, 3.05) is 11.9 Å². The third-order valence-electron chi connectivity index (χ3n) is 3.27. The van der Waals surface area contributed by atoms with Crippen LogP contribution in [-0.2, 0) is 14.6 Å². The molecule has 1 aliphatic heterocycles. The molecule has 1 aliphatic rings. The lowest BCUT2D eigenvalue weighted by molar-refractivity contribution is -0.124. The van der Waals surface area contributed by atoms with E-state index in [2.05, 4.69) is 16.0 Å². The van der Waals surface area contributed by atoms with Gasteiger partial charge in [-0.3, -0.25) is 4.79 Å². The van der Waals surface area contributed by atoms with E-state index < -0.39 is 32.6 Å². The summed E-state index contributed by atoms with van der Waals surface area (Å²) in [5.74, 6) is -3.78. The number of urea groups is 1. The quantitative estimate of drug-likeness (QED) is 0.758. The summed E-state index contributed by atoms with van der Waals surface area (Å²) in [5, 5.41) is 7.50. The molecule has 3 amide bonds. The molecule has 126 valence electrons. The second-order valence-corrected chi connectivity index (χ2v) is 6.83. The number of piperidine rings is 1. The minimum absolute atomic E-state index is 0.215. The molecule has 23 heavy (non-hydrogen) atoms. The SMILES string of the molecule is O=C(Nc1ccc(S(=O)(=O)C(F)F)cc1)NC1CCCNC1=O. The van der Waals surface area contributed by atoms with Crippen LogP contribution in [0.4, 0.5) is 19.3 Å². The number of sulfone groups is 1. The van der Waals surface area contributed by atoms with Crippen molar-refractivity contribution >= 4 is 27.5 Å². The molecule has 1 saturated heterocycles. The molecule has 1 heterocycles. The third kappa shape index (κ3) is 4.15. The maximum atomic E-state index is 12.4. The summed E-state index contributed by atoms with van der Waals surface area (Å²) >= 11 is 0. The highest BCUT2D eigenvalue weighted by atomic mass is 32.2. The van der Waals surface area contributed by atoms with Crippen LogP contribution in [0, 0.1) is 0 Å². The van der Waals surface area contributed by atoms with Crippen LogP contribution in [-0.4, -0.2) is 38.7 Å². The summed E-state index contributed by atoms with van der Waals surface area (Å²) < 4.78 is 47.3. The Morgan fingerprint density at radius 3 is 2.48 bits per heavy atom. The van der Waals surface area contributed by atoms with Gasteiger partial charge in [0.1, 0.15) is 6.04 Å². The number of nitrogens with one attached hydrogen (secondary N) is 3. The number of hydrogen-bond donors (Lipinski definition) is 3. The zero-order valence-corrected chi connectivity index (χ0v) is 12.7. The Morgan fingerprint density at radius 1 is 1.26 bits per heavy atom. The summed E-state index contributed by atoms with van der Waals surface area (Å²) in [6.45, 7) is 0.568. The van der Waals surface area contributed by atoms with Gasteiger partial charge in [-0.1, -0.05) is 0 Å². The number of hydrogen-bond acceptors (Lipinski definition) is 4. The number of rotatable bonds is 4. The van der Waals surface area contributed by atoms with Crippen molar-refractivity contribution in [1.82, 2.24) is 10.6 Å². The fourth-order valence-corrected chi connectivity index (χ4v) is 2.79.